The van der Waals surface area contributed by atoms with Gasteiger partial charge < -0.3 is 10.1 Å². The fourth-order valence-corrected chi connectivity index (χ4v) is 2.67. The highest BCUT2D eigenvalue weighted by Crippen LogP contribution is 2.26. The van der Waals surface area contributed by atoms with Gasteiger partial charge in [-0.25, -0.2) is 4.39 Å². The van der Waals surface area contributed by atoms with Gasteiger partial charge in [0.1, 0.15) is 17.3 Å². The Balaban J connectivity index is 1.83. The molecule has 26 heavy (non-hydrogen) atoms. The Morgan fingerprint density at radius 2 is 1.96 bits per heavy atom. The van der Waals surface area contributed by atoms with Crippen LogP contribution in [0.15, 0.2) is 54.6 Å². The van der Waals surface area contributed by atoms with Crippen molar-refractivity contribution >= 4 is 5.91 Å². The molecule has 0 atom stereocenters. The zero-order valence-corrected chi connectivity index (χ0v) is 14.7. The monoisotopic (exact) mass is 353 g/mol. The molecule has 0 spiro atoms. The molecule has 6 heteroatoms. The first kappa shape index (κ1) is 17.7. The smallest absolute Gasteiger partial charge is 0.269 e. The van der Waals surface area contributed by atoms with Crippen molar-refractivity contribution in [3.8, 4) is 17.0 Å². The number of rotatable bonds is 6. The van der Waals surface area contributed by atoms with Crippen LogP contribution >= 0.6 is 0 Å². The van der Waals surface area contributed by atoms with Crippen LogP contribution < -0.4 is 10.1 Å². The van der Waals surface area contributed by atoms with E-state index in [0.29, 0.717) is 35.8 Å². The van der Waals surface area contributed by atoms with E-state index in [4.69, 9.17) is 4.74 Å². The van der Waals surface area contributed by atoms with E-state index in [1.54, 1.807) is 22.9 Å². The third kappa shape index (κ3) is 3.74. The van der Waals surface area contributed by atoms with Gasteiger partial charge in [0.15, 0.2) is 0 Å². The summed E-state index contributed by atoms with van der Waals surface area (Å²) in [5, 5.41) is 7.24. The number of aromatic nitrogens is 2. The number of carbonyl (C=O) groups is 1. The van der Waals surface area contributed by atoms with Crippen LogP contribution in [0.2, 0.25) is 0 Å². The molecule has 0 bridgehead atoms. The van der Waals surface area contributed by atoms with E-state index in [2.05, 4.69) is 10.4 Å². The summed E-state index contributed by atoms with van der Waals surface area (Å²) in [6, 6.07) is 15.8. The summed E-state index contributed by atoms with van der Waals surface area (Å²) in [5.74, 6) is -0.258. The predicted molar refractivity (Wildman–Crippen MR) is 97.5 cm³/mol. The van der Waals surface area contributed by atoms with Crippen molar-refractivity contribution in [2.45, 2.75) is 20.0 Å². The quantitative estimate of drug-likeness (QED) is 0.736. The van der Waals surface area contributed by atoms with Crippen LogP contribution in [0.3, 0.4) is 0 Å². The summed E-state index contributed by atoms with van der Waals surface area (Å²) in [6.07, 6.45) is 0. The number of methoxy groups -OCH3 is 1. The Morgan fingerprint density at radius 1 is 1.19 bits per heavy atom. The van der Waals surface area contributed by atoms with Crippen LogP contribution in [-0.4, -0.2) is 22.8 Å². The molecule has 134 valence electrons. The second-order valence-electron chi connectivity index (χ2n) is 5.74. The van der Waals surface area contributed by atoms with Crippen LogP contribution in [0, 0.1) is 5.82 Å². The Hall–Kier alpha value is -3.15. The lowest BCUT2D eigenvalue weighted by Crippen LogP contribution is -2.25. The third-order valence-electron chi connectivity index (χ3n) is 4.06. The zero-order valence-electron chi connectivity index (χ0n) is 14.7. The summed E-state index contributed by atoms with van der Waals surface area (Å²) >= 11 is 0. The van der Waals surface area contributed by atoms with Gasteiger partial charge in [-0.3, -0.25) is 9.48 Å². The Kier molecular flexibility index (Phi) is 5.31. The van der Waals surface area contributed by atoms with Gasteiger partial charge >= 0.3 is 0 Å². The predicted octanol–water partition coefficient (Wildman–Crippen LogP) is 3.65. The van der Waals surface area contributed by atoms with E-state index in [1.807, 2.05) is 37.3 Å². The molecule has 0 aliphatic heterocycles. The number of amides is 1. The fourth-order valence-electron chi connectivity index (χ4n) is 2.67. The second kappa shape index (κ2) is 7.82. The molecule has 0 fully saturated rings. The van der Waals surface area contributed by atoms with Gasteiger partial charge in [0.25, 0.3) is 5.91 Å². The van der Waals surface area contributed by atoms with E-state index in [9.17, 15) is 9.18 Å². The van der Waals surface area contributed by atoms with Crippen LogP contribution in [0.1, 0.15) is 23.0 Å². The number of carbonyl (C=O) groups excluding carboxylic acids is 1. The number of benzene rings is 2. The van der Waals surface area contributed by atoms with Gasteiger partial charge in [0.05, 0.1) is 12.8 Å². The molecule has 0 unspecified atom stereocenters. The number of ether oxygens (including phenoxy) is 1. The standard InChI is InChI=1S/C20H20FN3O2/c1-3-24-19(20(25)22-13-14-7-5-4-6-8-14)12-18(23-24)16-10-9-15(26-2)11-17(16)21/h4-12H,3,13H2,1-2H3,(H,22,25). The highest BCUT2D eigenvalue weighted by Gasteiger charge is 2.17. The first-order chi connectivity index (χ1) is 12.6. The maximum atomic E-state index is 14.3. The molecule has 0 aliphatic carbocycles. The van der Waals surface area contributed by atoms with Crippen molar-refractivity contribution in [1.29, 1.82) is 0 Å². The Labute approximate surface area is 151 Å². The third-order valence-corrected chi connectivity index (χ3v) is 4.06. The van der Waals surface area contributed by atoms with E-state index < -0.39 is 5.82 Å². The summed E-state index contributed by atoms with van der Waals surface area (Å²) in [5.41, 5.74) is 2.14. The van der Waals surface area contributed by atoms with E-state index in [-0.39, 0.29) is 5.91 Å². The van der Waals surface area contributed by atoms with E-state index in [1.165, 1.54) is 13.2 Å². The number of hydrogen-bond donors (Lipinski definition) is 1. The summed E-state index contributed by atoms with van der Waals surface area (Å²) in [4.78, 5) is 12.5. The minimum absolute atomic E-state index is 0.247. The summed E-state index contributed by atoms with van der Waals surface area (Å²) in [6.45, 7) is 2.81. The second-order valence-corrected chi connectivity index (χ2v) is 5.74. The molecule has 0 saturated carbocycles. The van der Waals surface area contributed by atoms with Crippen molar-refractivity contribution in [1.82, 2.24) is 15.1 Å². The van der Waals surface area contributed by atoms with Crippen molar-refractivity contribution < 1.29 is 13.9 Å². The molecule has 3 rings (SSSR count). The number of nitrogens with zero attached hydrogens (tertiary/aromatic N) is 2. The molecule has 0 radical (unpaired) electrons. The minimum Gasteiger partial charge on any atom is -0.497 e. The SMILES string of the molecule is CCn1nc(-c2ccc(OC)cc2F)cc1C(=O)NCc1ccccc1. The van der Waals surface area contributed by atoms with Gasteiger partial charge in [-0.1, -0.05) is 30.3 Å². The highest BCUT2D eigenvalue weighted by molar-refractivity contribution is 5.93. The number of hydrogen-bond acceptors (Lipinski definition) is 3. The molecular formula is C20H20FN3O2. The molecule has 1 N–H and O–H groups in total. The summed E-state index contributed by atoms with van der Waals surface area (Å²) < 4.78 is 20.9. The molecule has 5 nitrogen and oxygen atoms in total. The minimum atomic E-state index is -0.443. The Bertz CT molecular complexity index is 907. The maximum Gasteiger partial charge on any atom is 0.269 e. The van der Waals surface area contributed by atoms with Crippen molar-refractivity contribution in [3.63, 3.8) is 0 Å². The highest BCUT2D eigenvalue weighted by atomic mass is 19.1. The maximum absolute atomic E-state index is 14.3. The molecule has 0 aliphatic rings. The topological polar surface area (TPSA) is 56.2 Å². The first-order valence-corrected chi connectivity index (χ1v) is 8.36. The van der Waals surface area contributed by atoms with Gasteiger partial charge in [0.2, 0.25) is 0 Å². The first-order valence-electron chi connectivity index (χ1n) is 8.36. The van der Waals surface area contributed by atoms with Crippen molar-refractivity contribution in [2.75, 3.05) is 7.11 Å². The molecule has 0 saturated heterocycles. The number of halogens is 1. The Morgan fingerprint density at radius 3 is 2.62 bits per heavy atom. The average molecular weight is 353 g/mol. The molecule has 1 aromatic heterocycles. The van der Waals surface area contributed by atoms with Crippen molar-refractivity contribution in [2.24, 2.45) is 0 Å². The fraction of sp³-hybridized carbons (Fsp3) is 0.200. The molecule has 1 heterocycles. The number of aryl methyl sites for hydroxylation is 1. The van der Waals surface area contributed by atoms with Gasteiger partial charge in [-0.05, 0) is 30.7 Å². The molecule has 1 amide bonds. The van der Waals surface area contributed by atoms with Crippen molar-refractivity contribution in [3.05, 3.63) is 71.7 Å². The number of nitrogens with one attached hydrogen (secondary N) is 1. The lowest BCUT2D eigenvalue weighted by molar-refractivity contribution is 0.0940. The lowest BCUT2D eigenvalue weighted by Gasteiger charge is -2.06. The van der Waals surface area contributed by atoms with Crippen LogP contribution in [0.4, 0.5) is 4.39 Å². The van der Waals surface area contributed by atoms with Gasteiger partial charge in [0, 0.05) is 24.7 Å². The van der Waals surface area contributed by atoms with E-state index in [0.717, 1.165) is 5.56 Å². The lowest BCUT2D eigenvalue weighted by atomic mass is 10.1. The molecular weight excluding hydrogens is 333 g/mol. The normalized spacial score (nSPS) is 10.6. The van der Waals surface area contributed by atoms with Crippen LogP contribution in [0.25, 0.3) is 11.3 Å². The average Bonchev–Trinajstić information content (AvgIpc) is 3.11. The van der Waals surface area contributed by atoms with Crippen LogP contribution in [0.5, 0.6) is 5.75 Å². The summed E-state index contributed by atoms with van der Waals surface area (Å²) in [7, 11) is 1.48. The van der Waals surface area contributed by atoms with Gasteiger partial charge in [-0.15, -0.1) is 0 Å². The van der Waals surface area contributed by atoms with Gasteiger partial charge in [-0.2, -0.15) is 5.10 Å². The zero-order chi connectivity index (χ0) is 18.5. The molecule has 3 aromatic rings. The van der Waals surface area contributed by atoms with E-state index >= 15 is 0 Å². The van der Waals surface area contributed by atoms with Crippen LogP contribution in [-0.2, 0) is 13.1 Å². The largest absolute Gasteiger partial charge is 0.497 e. The molecule has 2 aromatic carbocycles.